The molecular formula is C12H19N3O2. The summed E-state index contributed by atoms with van der Waals surface area (Å²) in [5.74, 6) is 0.399. The number of nitrogens with two attached hydrogens (primary N) is 1. The zero-order valence-corrected chi connectivity index (χ0v) is 10.4. The summed E-state index contributed by atoms with van der Waals surface area (Å²) in [7, 11) is 1.72. The molecule has 0 amide bonds. The quantitative estimate of drug-likeness (QED) is 0.788. The zero-order valence-electron chi connectivity index (χ0n) is 10.4. The van der Waals surface area contributed by atoms with Crippen LogP contribution in [0.5, 0.6) is 0 Å². The van der Waals surface area contributed by atoms with E-state index in [0.717, 1.165) is 24.5 Å². The molecule has 1 aromatic heterocycles. The number of hydrogen-bond acceptors (Lipinski definition) is 4. The van der Waals surface area contributed by atoms with Crippen LogP contribution in [0, 0.1) is 5.92 Å². The van der Waals surface area contributed by atoms with Crippen molar-refractivity contribution in [1.82, 2.24) is 9.78 Å². The second-order valence-electron chi connectivity index (χ2n) is 4.55. The molecule has 1 aliphatic rings. The topological polar surface area (TPSA) is 70.1 Å². The highest BCUT2D eigenvalue weighted by Crippen LogP contribution is 2.32. The Labute approximate surface area is 101 Å². The maximum absolute atomic E-state index is 11.9. The molecule has 0 atom stereocenters. The molecule has 1 saturated carbocycles. The van der Waals surface area contributed by atoms with E-state index in [1.165, 1.54) is 17.5 Å². The lowest BCUT2D eigenvalue weighted by Crippen LogP contribution is -2.13. The normalized spacial score (nSPS) is 14.9. The number of anilines is 1. The standard InChI is InChI=1S/C12H19N3O2/c1-3-9-10(13)11(15(2)14-9)12(16)17-7-6-8-4-5-8/h8H,3-7,13H2,1-2H3. The van der Waals surface area contributed by atoms with Crippen molar-refractivity contribution in [3.05, 3.63) is 11.4 Å². The first-order valence-corrected chi connectivity index (χ1v) is 6.12. The van der Waals surface area contributed by atoms with Gasteiger partial charge in [-0.2, -0.15) is 5.10 Å². The van der Waals surface area contributed by atoms with Crippen molar-refractivity contribution in [3.8, 4) is 0 Å². The van der Waals surface area contributed by atoms with Crippen molar-refractivity contribution in [3.63, 3.8) is 0 Å². The molecule has 1 heterocycles. The maximum Gasteiger partial charge on any atom is 0.358 e. The van der Waals surface area contributed by atoms with Gasteiger partial charge in [0.15, 0.2) is 5.69 Å². The summed E-state index contributed by atoms with van der Waals surface area (Å²) in [5.41, 5.74) is 7.45. The van der Waals surface area contributed by atoms with Crippen LogP contribution in [0.4, 0.5) is 5.69 Å². The van der Waals surface area contributed by atoms with Gasteiger partial charge >= 0.3 is 5.97 Å². The Balaban J connectivity index is 1.99. The van der Waals surface area contributed by atoms with Gasteiger partial charge in [0.1, 0.15) is 0 Å². The molecule has 0 aliphatic heterocycles. The van der Waals surface area contributed by atoms with Gasteiger partial charge in [-0.3, -0.25) is 4.68 Å². The molecule has 1 fully saturated rings. The second kappa shape index (κ2) is 4.77. The largest absolute Gasteiger partial charge is 0.461 e. The first-order chi connectivity index (χ1) is 8.13. The average molecular weight is 237 g/mol. The van der Waals surface area contributed by atoms with Crippen molar-refractivity contribution < 1.29 is 9.53 Å². The van der Waals surface area contributed by atoms with Gasteiger partial charge in [0.2, 0.25) is 0 Å². The molecule has 0 aromatic carbocycles. The predicted molar refractivity (Wildman–Crippen MR) is 64.6 cm³/mol. The van der Waals surface area contributed by atoms with E-state index < -0.39 is 0 Å². The van der Waals surface area contributed by atoms with Crippen LogP contribution < -0.4 is 5.73 Å². The van der Waals surface area contributed by atoms with Crippen molar-refractivity contribution in [2.75, 3.05) is 12.3 Å². The lowest BCUT2D eigenvalue weighted by molar-refractivity contribution is 0.0483. The van der Waals surface area contributed by atoms with Crippen LogP contribution in [0.25, 0.3) is 0 Å². The van der Waals surface area contributed by atoms with E-state index >= 15 is 0 Å². The molecule has 0 saturated heterocycles. The third-order valence-electron chi connectivity index (χ3n) is 3.14. The minimum Gasteiger partial charge on any atom is -0.461 e. The Morgan fingerprint density at radius 2 is 2.29 bits per heavy atom. The minimum atomic E-state index is -0.363. The zero-order chi connectivity index (χ0) is 12.4. The first kappa shape index (κ1) is 12.0. The fraction of sp³-hybridized carbons (Fsp3) is 0.667. The van der Waals surface area contributed by atoms with Crippen LogP contribution in [-0.4, -0.2) is 22.4 Å². The summed E-state index contributed by atoms with van der Waals surface area (Å²) in [4.78, 5) is 11.9. The molecular weight excluding hydrogens is 218 g/mol. The molecule has 1 aromatic rings. The molecule has 2 N–H and O–H groups in total. The summed E-state index contributed by atoms with van der Waals surface area (Å²) < 4.78 is 6.73. The smallest absolute Gasteiger partial charge is 0.358 e. The molecule has 0 radical (unpaired) electrons. The average Bonchev–Trinajstić information content (AvgIpc) is 3.05. The monoisotopic (exact) mass is 237 g/mol. The number of ether oxygens (including phenoxy) is 1. The third kappa shape index (κ3) is 2.60. The van der Waals surface area contributed by atoms with Crippen molar-refractivity contribution >= 4 is 11.7 Å². The fourth-order valence-electron chi connectivity index (χ4n) is 1.89. The highest BCUT2D eigenvalue weighted by molar-refractivity contribution is 5.93. The van der Waals surface area contributed by atoms with E-state index in [-0.39, 0.29) is 5.97 Å². The lowest BCUT2D eigenvalue weighted by atomic mass is 10.2. The van der Waals surface area contributed by atoms with Crippen LogP contribution >= 0.6 is 0 Å². The summed E-state index contributed by atoms with van der Waals surface area (Å²) >= 11 is 0. The number of nitrogens with zero attached hydrogens (tertiary/aromatic N) is 2. The molecule has 0 spiro atoms. The number of nitrogen functional groups attached to an aromatic ring is 1. The van der Waals surface area contributed by atoms with Crippen molar-refractivity contribution in [2.45, 2.75) is 32.6 Å². The van der Waals surface area contributed by atoms with E-state index in [4.69, 9.17) is 10.5 Å². The van der Waals surface area contributed by atoms with E-state index in [0.29, 0.717) is 18.0 Å². The molecule has 94 valence electrons. The molecule has 0 unspecified atom stereocenters. The fourth-order valence-corrected chi connectivity index (χ4v) is 1.89. The lowest BCUT2D eigenvalue weighted by Gasteiger charge is -2.05. The van der Waals surface area contributed by atoms with Gasteiger partial charge in [0.05, 0.1) is 18.0 Å². The Bertz CT molecular complexity index is 422. The van der Waals surface area contributed by atoms with Gasteiger partial charge in [-0.1, -0.05) is 19.8 Å². The van der Waals surface area contributed by atoms with Gasteiger partial charge < -0.3 is 10.5 Å². The highest BCUT2D eigenvalue weighted by Gasteiger charge is 2.23. The van der Waals surface area contributed by atoms with E-state index in [2.05, 4.69) is 5.10 Å². The van der Waals surface area contributed by atoms with E-state index in [1.807, 2.05) is 6.92 Å². The minimum absolute atomic E-state index is 0.363. The maximum atomic E-state index is 11.9. The molecule has 5 heteroatoms. The Morgan fingerprint density at radius 3 is 2.82 bits per heavy atom. The number of aromatic nitrogens is 2. The SMILES string of the molecule is CCc1nn(C)c(C(=O)OCCC2CC2)c1N. The van der Waals surface area contributed by atoms with Gasteiger partial charge in [-0.25, -0.2) is 4.79 Å². The van der Waals surface area contributed by atoms with Crippen LogP contribution in [-0.2, 0) is 18.2 Å². The summed E-state index contributed by atoms with van der Waals surface area (Å²) in [6.45, 7) is 2.44. The van der Waals surface area contributed by atoms with Crippen LogP contribution in [0.15, 0.2) is 0 Å². The van der Waals surface area contributed by atoms with E-state index in [9.17, 15) is 4.79 Å². The summed E-state index contributed by atoms with van der Waals surface area (Å²) in [6.07, 6.45) is 4.22. The molecule has 0 bridgehead atoms. The van der Waals surface area contributed by atoms with Crippen LogP contribution in [0.1, 0.15) is 42.4 Å². The molecule has 1 aliphatic carbocycles. The number of rotatable bonds is 5. The molecule has 2 rings (SSSR count). The van der Waals surface area contributed by atoms with Crippen LogP contribution in [0.3, 0.4) is 0 Å². The van der Waals surface area contributed by atoms with Gasteiger partial charge in [-0.15, -0.1) is 0 Å². The Kier molecular flexibility index (Phi) is 3.36. The van der Waals surface area contributed by atoms with Crippen molar-refractivity contribution in [2.24, 2.45) is 13.0 Å². The summed E-state index contributed by atoms with van der Waals surface area (Å²) in [6, 6.07) is 0. The van der Waals surface area contributed by atoms with Gasteiger partial charge in [-0.05, 0) is 18.8 Å². The second-order valence-corrected chi connectivity index (χ2v) is 4.55. The number of carbonyl (C=O) groups is 1. The predicted octanol–water partition coefficient (Wildman–Crippen LogP) is 1.52. The van der Waals surface area contributed by atoms with Gasteiger partial charge in [0, 0.05) is 7.05 Å². The van der Waals surface area contributed by atoms with Crippen LogP contribution in [0.2, 0.25) is 0 Å². The Morgan fingerprint density at radius 1 is 1.59 bits per heavy atom. The number of hydrogen-bond donors (Lipinski definition) is 1. The highest BCUT2D eigenvalue weighted by atomic mass is 16.5. The van der Waals surface area contributed by atoms with E-state index in [1.54, 1.807) is 7.05 Å². The molecule has 5 nitrogen and oxygen atoms in total. The summed E-state index contributed by atoms with van der Waals surface area (Å²) in [5, 5.41) is 4.20. The Hall–Kier alpha value is -1.52. The number of carbonyl (C=O) groups excluding carboxylic acids is 1. The number of aryl methyl sites for hydroxylation is 2. The number of esters is 1. The third-order valence-corrected chi connectivity index (χ3v) is 3.14. The van der Waals surface area contributed by atoms with Crippen molar-refractivity contribution in [1.29, 1.82) is 0 Å². The molecule has 17 heavy (non-hydrogen) atoms. The van der Waals surface area contributed by atoms with Gasteiger partial charge in [0.25, 0.3) is 0 Å². The first-order valence-electron chi connectivity index (χ1n) is 6.12.